The topological polar surface area (TPSA) is 71.6 Å². The maximum atomic E-state index is 14.4. The zero-order valence-electron chi connectivity index (χ0n) is 21.9. The number of amides is 1. The Morgan fingerprint density at radius 1 is 0.850 bits per heavy atom. The molecule has 4 aromatic carbocycles. The third-order valence-electron chi connectivity index (χ3n) is 8.07. The van der Waals surface area contributed by atoms with Crippen LogP contribution in [-0.2, 0) is 6.54 Å². The van der Waals surface area contributed by atoms with Gasteiger partial charge in [-0.1, -0.05) is 42.5 Å². The van der Waals surface area contributed by atoms with E-state index in [0.717, 1.165) is 53.8 Å². The monoisotopic (exact) mass is 532 g/mol. The predicted molar refractivity (Wildman–Crippen MR) is 155 cm³/mol. The Kier molecular flexibility index (Phi) is 6.01. The maximum absolute atomic E-state index is 14.4. The molecule has 1 atom stereocenters. The number of hydrogen-bond acceptors (Lipinski definition) is 4. The second-order valence-electron chi connectivity index (χ2n) is 10.5. The minimum Gasteiger partial charge on any atom is -0.508 e. The van der Waals surface area contributed by atoms with E-state index in [1.807, 2.05) is 48.5 Å². The number of para-hydroxylation sites is 1. The molecule has 0 unspecified atom stereocenters. The highest BCUT2D eigenvalue weighted by atomic mass is 19.1. The fourth-order valence-electron chi connectivity index (χ4n) is 5.99. The summed E-state index contributed by atoms with van der Waals surface area (Å²) < 4.78 is 14.4. The molecule has 200 valence electrons. The Balaban J connectivity index is 1.24. The molecular formula is C33H29FN4O2. The number of benzene rings is 4. The van der Waals surface area contributed by atoms with Crippen molar-refractivity contribution in [3.05, 3.63) is 119 Å². The van der Waals surface area contributed by atoms with Gasteiger partial charge >= 0.3 is 0 Å². The van der Waals surface area contributed by atoms with Crippen molar-refractivity contribution in [1.29, 1.82) is 0 Å². The van der Waals surface area contributed by atoms with E-state index in [2.05, 4.69) is 39.5 Å². The quantitative estimate of drug-likeness (QED) is 0.266. The van der Waals surface area contributed by atoms with Crippen LogP contribution in [0.4, 0.5) is 10.1 Å². The fourth-order valence-corrected chi connectivity index (χ4v) is 5.99. The van der Waals surface area contributed by atoms with E-state index in [1.54, 1.807) is 4.90 Å². The fraction of sp³-hybridized carbons (Fsp3) is 0.182. The molecule has 0 aliphatic carbocycles. The van der Waals surface area contributed by atoms with Gasteiger partial charge in [0, 0.05) is 60.7 Å². The van der Waals surface area contributed by atoms with E-state index >= 15 is 0 Å². The Hall–Kier alpha value is -4.62. The summed E-state index contributed by atoms with van der Waals surface area (Å²) in [7, 11) is 0. The Morgan fingerprint density at radius 3 is 2.42 bits per heavy atom. The van der Waals surface area contributed by atoms with Gasteiger partial charge in [0.15, 0.2) is 0 Å². The van der Waals surface area contributed by atoms with Crippen molar-refractivity contribution < 1.29 is 14.3 Å². The van der Waals surface area contributed by atoms with Gasteiger partial charge in [0.2, 0.25) is 0 Å². The van der Waals surface area contributed by atoms with Crippen LogP contribution >= 0.6 is 0 Å². The molecule has 1 saturated heterocycles. The SMILES string of the molecule is O=C1c2cc(-c3ccc(N4CCNCC4)cc3)ccc2CN1[C@@H](c1cc2ccccc2[nH]1)c1cc(F)ccc1O. The van der Waals surface area contributed by atoms with Crippen molar-refractivity contribution in [2.75, 3.05) is 31.1 Å². The molecule has 0 radical (unpaired) electrons. The summed E-state index contributed by atoms with van der Waals surface area (Å²) in [6.07, 6.45) is 0. The summed E-state index contributed by atoms with van der Waals surface area (Å²) in [5.74, 6) is -0.676. The van der Waals surface area contributed by atoms with Gasteiger partial charge in [-0.25, -0.2) is 4.39 Å². The van der Waals surface area contributed by atoms with E-state index in [0.29, 0.717) is 23.4 Å². The van der Waals surface area contributed by atoms with Crippen LogP contribution in [0.1, 0.15) is 33.2 Å². The molecular weight excluding hydrogens is 503 g/mol. The largest absolute Gasteiger partial charge is 0.508 e. The average molecular weight is 533 g/mol. The smallest absolute Gasteiger partial charge is 0.255 e. The van der Waals surface area contributed by atoms with E-state index in [4.69, 9.17) is 0 Å². The number of phenols is 1. The molecule has 1 fully saturated rings. The summed E-state index contributed by atoms with van der Waals surface area (Å²) in [5.41, 5.74) is 6.71. The van der Waals surface area contributed by atoms with Crippen molar-refractivity contribution in [2.24, 2.45) is 0 Å². The number of fused-ring (bicyclic) bond motifs is 2. The van der Waals surface area contributed by atoms with Crippen molar-refractivity contribution in [3.63, 3.8) is 0 Å². The number of piperazine rings is 1. The van der Waals surface area contributed by atoms with Crippen molar-refractivity contribution in [1.82, 2.24) is 15.2 Å². The first kappa shape index (κ1) is 24.4. The number of H-pyrrole nitrogens is 1. The average Bonchev–Trinajstić information content (AvgIpc) is 3.56. The number of halogens is 1. The molecule has 1 aromatic heterocycles. The van der Waals surface area contributed by atoms with Crippen LogP contribution in [0.25, 0.3) is 22.0 Å². The van der Waals surface area contributed by atoms with Crippen LogP contribution < -0.4 is 10.2 Å². The molecule has 7 rings (SSSR count). The Morgan fingerprint density at radius 2 is 1.62 bits per heavy atom. The minimum atomic E-state index is -0.690. The second kappa shape index (κ2) is 9.84. The Labute approximate surface area is 231 Å². The van der Waals surface area contributed by atoms with E-state index in [-0.39, 0.29) is 11.7 Å². The highest BCUT2D eigenvalue weighted by molar-refractivity contribution is 6.00. The molecule has 2 aliphatic rings. The molecule has 0 spiro atoms. The normalized spacial score (nSPS) is 16.0. The highest BCUT2D eigenvalue weighted by Gasteiger charge is 2.37. The molecule has 0 saturated carbocycles. The van der Waals surface area contributed by atoms with Crippen LogP contribution in [0.3, 0.4) is 0 Å². The van der Waals surface area contributed by atoms with Gasteiger partial charge in [0.25, 0.3) is 5.91 Å². The number of carbonyl (C=O) groups excluding carboxylic acids is 1. The molecule has 6 nitrogen and oxygen atoms in total. The molecule has 3 N–H and O–H groups in total. The third-order valence-corrected chi connectivity index (χ3v) is 8.07. The zero-order chi connectivity index (χ0) is 27.2. The Bertz CT molecular complexity index is 1690. The lowest BCUT2D eigenvalue weighted by atomic mass is 10.00. The predicted octanol–water partition coefficient (Wildman–Crippen LogP) is 5.83. The lowest BCUT2D eigenvalue weighted by molar-refractivity contribution is 0.0726. The number of hydrogen-bond donors (Lipinski definition) is 3. The van der Waals surface area contributed by atoms with Crippen LogP contribution in [-0.4, -0.2) is 47.1 Å². The number of aromatic amines is 1. The van der Waals surface area contributed by atoms with Crippen molar-refractivity contribution in [3.8, 4) is 16.9 Å². The van der Waals surface area contributed by atoms with Gasteiger partial charge in [-0.3, -0.25) is 4.79 Å². The molecule has 40 heavy (non-hydrogen) atoms. The van der Waals surface area contributed by atoms with Gasteiger partial charge in [0.05, 0.1) is 0 Å². The molecule has 3 heterocycles. The number of carbonyl (C=O) groups is 1. The first-order valence-electron chi connectivity index (χ1n) is 13.6. The minimum absolute atomic E-state index is 0.0564. The molecule has 0 bridgehead atoms. The number of rotatable bonds is 5. The summed E-state index contributed by atoms with van der Waals surface area (Å²) in [6, 6.07) is 27.5. The zero-order valence-corrected chi connectivity index (χ0v) is 21.9. The third kappa shape index (κ3) is 4.28. The highest BCUT2D eigenvalue weighted by Crippen LogP contribution is 2.41. The first-order valence-corrected chi connectivity index (χ1v) is 13.6. The number of anilines is 1. The summed E-state index contributed by atoms with van der Waals surface area (Å²) in [5, 5.41) is 15.2. The second-order valence-corrected chi connectivity index (χ2v) is 10.5. The summed E-state index contributed by atoms with van der Waals surface area (Å²) in [4.78, 5) is 21.4. The lowest BCUT2D eigenvalue weighted by Gasteiger charge is -2.29. The van der Waals surface area contributed by atoms with Gasteiger partial charge in [-0.15, -0.1) is 0 Å². The van der Waals surface area contributed by atoms with Crippen LogP contribution in [0.5, 0.6) is 5.75 Å². The first-order chi connectivity index (χ1) is 19.5. The molecule has 7 heteroatoms. The number of phenolic OH excluding ortho intramolecular Hbond substituents is 1. The van der Waals surface area contributed by atoms with E-state index < -0.39 is 11.9 Å². The summed E-state index contributed by atoms with van der Waals surface area (Å²) >= 11 is 0. The number of aromatic hydroxyl groups is 1. The molecule has 2 aliphatic heterocycles. The van der Waals surface area contributed by atoms with Gasteiger partial charge < -0.3 is 25.2 Å². The molecule has 1 amide bonds. The van der Waals surface area contributed by atoms with Crippen LogP contribution in [0, 0.1) is 5.82 Å². The maximum Gasteiger partial charge on any atom is 0.255 e. The number of nitrogens with one attached hydrogen (secondary N) is 2. The lowest BCUT2D eigenvalue weighted by Crippen LogP contribution is -2.43. The summed E-state index contributed by atoms with van der Waals surface area (Å²) in [6.45, 7) is 4.30. The number of nitrogens with zero attached hydrogens (tertiary/aromatic N) is 2. The van der Waals surface area contributed by atoms with Crippen molar-refractivity contribution >= 4 is 22.5 Å². The standard InChI is InChI=1S/C33H29FN4O2/c34-25-9-12-31(39)28(19-25)32(30-18-23-3-1-2-4-29(23)36-30)38-20-24-6-5-22(17-27(24)33(38)40)21-7-10-26(11-8-21)37-15-13-35-14-16-37/h1-12,17-19,32,35-36,39H,13-16,20H2/t32-/m1/s1. The van der Waals surface area contributed by atoms with Crippen LogP contribution in [0.15, 0.2) is 91.0 Å². The van der Waals surface area contributed by atoms with Crippen molar-refractivity contribution in [2.45, 2.75) is 12.6 Å². The number of aromatic nitrogens is 1. The van der Waals surface area contributed by atoms with E-state index in [1.165, 1.54) is 23.9 Å². The van der Waals surface area contributed by atoms with Gasteiger partial charge in [-0.2, -0.15) is 0 Å². The van der Waals surface area contributed by atoms with E-state index in [9.17, 15) is 14.3 Å². The molecule has 5 aromatic rings. The van der Waals surface area contributed by atoms with Crippen LogP contribution in [0.2, 0.25) is 0 Å². The van der Waals surface area contributed by atoms with Gasteiger partial charge in [0.1, 0.15) is 17.6 Å². The van der Waals surface area contributed by atoms with Gasteiger partial charge in [-0.05, 0) is 70.6 Å².